The Labute approximate surface area is 113 Å². The largest absolute Gasteiger partial charge is 0.480 e. The predicted octanol–water partition coefficient (Wildman–Crippen LogP) is 0.946. The first-order valence-corrected chi connectivity index (χ1v) is 6.84. The molecule has 19 heavy (non-hydrogen) atoms. The third-order valence-electron chi connectivity index (χ3n) is 3.95. The van der Waals surface area contributed by atoms with Gasteiger partial charge < -0.3 is 20.8 Å². The van der Waals surface area contributed by atoms with Gasteiger partial charge in [-0.25, -0.2) is 9.59 Å². The molecule has 1 aliphatic rings. The average molecular weight is 272 g/mol. The van der Waals surface area contributed by atoms with Crippen LogP contribution in [0.25, 0.3) is 0 Å². The highest BCUT2D eigenvalue weighted by atomic mass is 16.4. The van der Waals surface area contributed by atoms with E-state index in [-0.39, 0.29) is 19.1 Å². The predicted molar refractivity (Wildman–Crippen MR) is 70.8 cm³/mol. The van der Waals surface area contributed by atoms with Crippen molar-refractivity contribution in [3.63, 3.8) is 0 Å². The van der Waals surface area contributed by atoms with Crippen LogP contribution in [0.3, 0.4) is 0 Å². The minimum atomic E-state index is -1.13. The number of carbonyl (C=O) groups excluding carboxylic acids is 1. The van der Waals surface area contributed by atoms with Crippen molar-refractivity contribution in [1.82, 2.24) is 10.6 Å². The van der Waals surface area contributed by atoms with Crippen LogP contribution in [0.4, 0.5) is 4.79 Å². The number of carboxylic acid groups (broad SMARTS) is 1. The smallest absolute Gasteiger partial charge is 0.326 e. The van der Waals surface area contributed by atoms with Gasteiger partial charge in [0, 0.05) is 19.1 Å². The molecule has 4 atom stereocenters. The first-order chi connectivity index (χ1) is 8.93. The van der Waals surface area contributed by atoms with Crippen LogP contribution in [0.5, 0.6) is 0 Å². The van der Waals surface area contributed by atoms with Gasteiger partial charge >= 0.3 is 12.0 Å². The first kappa shape index (κ1) is 15.8. The molecule has 0 radical (unpaired) electrons. The molecule has 2 amide bonds. The van der Waals surface area contributed by atoms with Crippen molar-refractivity contribution in [2.45, 2.75) is 51.6 Å². The van der Waals surface area contributed by atoms with Crippen LogP contribution in [-0.2, 0) is 4.79 Å². The molecule has 0 heterocycles. The minimum Gasteiger partial charge on any atom is -0.480 e. The van der Waals surface area contributed by atoms with Crippen LogP contribution < -0.4 is 10.6 Å². The molecule has 0 spiro atoms. The van der Waals surface area contributed by atoms with E-state index in [0.717, 1.165) is 19.3 Å². The van der Waals surface area contributed by atoms with Gasteiger partial charge in [-0.2, -0.15) is 0 Å². The van der Waals surface area contributed by atoms with Gasteiger partial charge in [0.25, 0.3) is 0 Å². The normalized spacial score (nSPS) is 28.5. The summed E-state index contributed by atoms with van der Waals surface area (Å²) in [4.78, 5) is 22.6. The van der Waals surface area contributed by atoms with E-state index in [1.54, 1.807) is 0 Å². The Morgan fingerprint density at radius 2 is 1.95 bits per heavy atom. The topological polar surface area (TPSA) is 98.7 Å². The number of hydrogen-bond donors (Lipinski definition) is 4. The quantitative estimate of drug-likeness (QED) is 0.598. The zero-order valence-electron chi connectivity index (χ0n) is 11.6. The Morgan fingerprint density at radius 3 is 2.47 bits per heavy atom. The van der Waals surface area contributed by atoms with E-state index in [9.17, 15) is 9.59 Å². The molecule has 1 aliphatic carbocycles. The van der Waals surface area contributed by atoms with Crippen molar-refractivity contribution in [1.29, 1.82) is 0 Å². The summed E-state index contributed by atoms with van der Waals surface area (Å²) in [6, 6.07) is -1.40. The highest BCUT2D eigenvalue weighted by Gasteiger charge is 2.26. The minimum absolute atomic E-state index is 0.0147. The molecule has 0 aromatic rings. The Hall–Kier alpha value is -1.30. The van der Waals surface area contributed by atoms with Crippen molar-refractivity contribution in [2.75, 3.05) is 6.61 Å². The lowest BCUT2D eigenvalue weighted by molar-refractivity contribution is -0.139. The summed E-state index contributed by atoms with van der Waals surface area (Å²) in [6.07, 6.45) is 2.94. The molecule has 6 heteroatoms. The maximum Gasteiger partial charge on any atom is 0.326 e. The Bertz CT molecular complexity index is 322. The fraction of sp³-hybridized carbons (Fsp3) is 0.846. The van der Waals surface area contributed by atoms with Crippen molar-refractivity contribution in [2.24, 2.45) is 11.8 Å². The molecule has 6 nitrogen and oxygen atoms in total. The molecular formula is C13H24N2O4. The van der Waals surface area contributed by atoms with Crippen molar-refractivity contribution < 1.29 is 19.8 Å². The molecule has 0 bridgehead atoms. The van der Waals surface area contributed by atoms with Crippen LogP contribution in [0.15, 0.2) is 0 Å². The van der Waals surface area contributed by atoms with E-state index < -0.39 is 18.0 Å². The third kappa shape index (κ3) is 5.06. The van der Waals surface area contributed by atoms with Crippen molar-refractivity contribution in [3.05, 3.63) is 0 Å². The Balaban J connectivity index is 2.40. The Morgan fingerprint density at radius 1 is 1.26 bits per heavy atom. The number of nitrogens with one attached hydrogen (secondary N) is 2. The van der Waals surface area contributed by atoms with E-state index in [2.05, 4.69) is 24.5 Å². The SMILES string of the molecule is CC1CCC(NC(=O)NC(CCO)C(=O)O)CC1C. The molecule has 1 saturated carbocycles. The number of carbonyl (C=O) groups is 2. The van der Waals surface area contributed by atoms with Crippen LogP contribution >= 0.6 is 0 Å². The van der Waals surface area contributed by atoms with Crippen LogP contribution in [0.2, 0.25) is 0 Å². The number of rotatable bonds is 5. The van der Waals surface area contributed by atoms with Crippen LogP contribution in [0, 0.1) is 11.8 Å². The molecule has 0 saturated heterocycles. The van der Waals surface area contributed by atoms with Crippen LogP contribution in [0.1, 0.15) is 39.5 Å². The summed E-state index contributed by atoms with van der Waals surface area (Å²) in [5, 5.41) is 22.8. The second-order valence-electron chi connectivity index (χ2n) is 5.49. The summed E-state index contributed by atoms with van der Waals surface area (Å²) in [5.74, 6) is 0.101. The van der Waals surface area contributed by atoms with E-state index in [0.29, 0.717) is 11.8 Å². The summed E-state index contributed by atoms with van der Waals surface area (Å²) < 4.78 is 0. The van der Waals surface area contributed by atoms with Gasteiger partial charge in [-0.15, -0.1) is 0 Å². The molecule has 1 fully saturated rings. The Kier molecular flexibility index (Phi) is 6.08. The standard InChI is InChI=1S/C13H24N2O4/c1-8-3-4-10(7-9(8)2)14-13(19)15-11(5-6-16)12(17)18/h8-11,16H,3-7H2,1-2H3,(H,17,18)(H2,14,15,19). The zero-order chi connectivity index (χ0) is 14.4. The lowest BCUT2D eigenvalue weighted by Gasteiger charge is -2.32. The molecule has 1 rings (SSSR count). The second-order valence-corrected chi connectivity index (χ2v) is 5.49. The maximum absolute atomic E-state index is 11.7. The highest BCUT2D eigenvalue weighted by Crippen LogP contribution is 2.29. The number of carboxylic acids is 1. The van der Waals surface area contributed by atoms with Gasteiger partial charge in [0.2, 0.25) is 0 Å². The van der Waals surface area contributed by atoms with Crippen molar-refractivity contribution >= 4 is 12.0 Å². The molecule has 0 aliphatic heterocycles. The fourth-order valence-corrected chi connectivity index (χ4v) is 2.45. The second kappa shape index (κ2) is 7.33. The van der Waals surface area contributed by atoms with E-state index >= 15 is 0 Å². The number of aliphatic hydroxyl groups excluding tert-OH is 1. The summed E-state index contributed by atoms with van der Waals surface area (Å²) in [7, 11) is 0. The van der Waals surface area contributed by atoms with Gasteiger partial charge in [0.15, 0.2) is 0 Å². The van der Waals surface area contributed by atoms with Gasteiger partial charge in [-0.1, -0.05) is 13.8 Å². The van der Waals surface area contributed by atoms with Gasteiger partial charge in [-0.05, 0) is 31.1 Å². The van der Waals surface area contributed by atoms with Gasteiger partial charge in [0.1, 0.15) is 6.04 Å². The molecule has 4 unspecified atom stereocenters. The average Bonchev–Trinajstić information content (AvgIpc) is 2.33. The zero-order valence-corrected chi connectivity index (χ0v) is 11.6. The third-order valence-corrected chi connectivity index (χ3v) is 3.95. The lowest BCUT2D eigenvalue weighted by atomic mass is 9.79. The monoisotopic (exact) mass is 272 g/mol. The summed E-state index contributed by atoms with van der Waals surface area (Å²) >= 11 is 0. The summed E-state index contributed by atoms with van der Waals surface area (Å²) in [6.45, 7) is 4.11. The lowest BCUT2D eigenvalue weighted by Crippen LogP contribution is -2.50. The molecule has 110 valence electrons. The fourth-order valence-electron chi connectivity index (χ4n) is 2.45. The van der Waals surface area contributed by atoms with Gasteiger partial charge in [-0.3, -0.25) is 0 Å². The van der Waals surface area contributed by atoms with E-state index in [4.69, 9.17) is 10.2 Å². The van der Waals surface area contributed by atoms with Gasteiger partial charge in [0.05, 0.1) is 0 Å². The number of urea groups is 1. The maximum atomic E-state index is 11.7. The molecule has 4 N–H and O–H groups in total. The molecule has 0 aromatic carbocycles. The first-order valence-electron chi connectivity index (χ1n) is 6.84. The number of hydrogen-bond acceptors (Lipinski definition) is 3. The number of aliphatic hydroxyl groups is 1. The van der Waals surface area contributed by atoms with Crippen LogP contribution in [-0.4, -0.2) is 40.9 Å². The molecule has 0 aromatic heterocycles. The number of aliphatic carboxylic acids is 1. The number of amides is 2. The van der Waals surface area contributed by atoms with E-state index in [1.807, 2.05) is 0 Å². The van der Waals surface area contributed by atoms with Crippen molar-refractivity contribution in [3.8, 4) is 0 Å². The molecular weight excluding hydrogens is 248 g/mol. The summed E-state index contributed by atoms with van der Waals surface area (Å²) in [5.41, 5.74) is 0. The van der Waals surface area contributed by atoms with E-state index in [1.165, 1.54) is 0 Å². The highest BCUT2D eigenvalue weighted by molar-refractivity contribution is 5.82.